The van der Waals surface area contributed by atoms with E-state index in [4.69, 9.17) is 16.9 Å². The summed E-state index contributed by atoms with van der Waals surface area (Å²) in [7, 11) is -3.85. The summed E-state index contributed by atoms with van der Waals surface area (Å²) in [5.41, 5.74) is 1.65. The number of piperidine rings is 2. The molecule has 0 aliphatic carbocycles. The molecule has 0 radical (unpaired) electrons. The third kappa shape index (κ3) is 4.50. The van der Waals surface area contributed by atoms with Gasteiger partial charge in [-0.3, -0.25) is 19.7 Å². The number of nitrogens with one attached hydrogen (secondary N) is 1. The van der Waals surface area contributed by atoms with Gasteiger partial charge in [-0.1, -0.05) is 11.6 Å². The second-order valence-electron chi connectivity index (χ2n) is 9.35. The molecular weight excluding hydrogens is 523 g/mol. The third-order valence-electron chi connectivity index (χ3n) is 7.25. The maximum absolute atomic E-state index is 14.6. The molecule has 3 aliphatic rings. The van der Waals surface area contributed by atoms with Gasteiger partial charge in [0.15, 0.2) is 0 Å². The maximum atomic E-state index is 14.6. The van der Waals surface area contributed by atoms with Gasteiger partial charge in [0.05, 0.1) is 15.5 Å². The van der Waals surface area contributed by atoms with Gasteiger partial charge in [-0.2, -0.15) is 9.57 Å². The molecule has 5 rings (SSSR count). The first-order valence-corrected chi connectivity index (χ1v) is 13.6. The SMILES string of the molecule is N#Cc1ccc(S(=O)(=O)N2CCC(c3cc(F)cc4c3CN(C3CCC(=O)NC3=O)C4=O)CC2)cc1Cl. The Hall–Kier alpha value is -3.33. The zero-order valence-corrected chi connectivity index (χ0v) is 21.1. The summed E-state index contributed by atoms with van der Waals surface area (Å²) in [6.45, 7) is 0.486. The zero-order chi connectivity index (χ0) is 26.5. The summed E-state index contributed by atoms with van der Waals surface area (Å²) >= 11 is 6.03. The van der Waals surface area contributed by atoms with Crippen molar-refractivity contribution in [3.63, 3.8) is 0 Å². The van der Waals surface area contributed by atoms with Gasteiger partial charge >= 0.3 is 0 Å². The van der Waals surface area contributed by atoms with Gasteiger partial charge in [-0.25, -0.2) is 12.8 Å². The van der Waals surface area contributed by atoms with Crippen molar-refractivity contribution in [2.75, 3.05) is 13.1 Å². The molecule has 2 aromatic rings. The van der Waals surface area contributed by atoms with Crippen LogP contribution in [-0.4, -0.2) is 54.5 Å². The van der Waals surface area contributed by atoms with Gasteiger partial charge in [-0.15, -0.1) is 0 Å². The van der Waals surface area contributed by atoms with E-state index in [9.17, 15) is 27.2 Å². The van der Waals surface area contributed by atoms with Gasteiger partial charge in [0, 0.05) is 31.6 Å². The Kier molecular flexibility index (Phi) is 6.52. The van der Waals surface area contributed by atoms with Gasteiger partial charge in [-0.05, 0) is 66.6 Å². The second kappa shape index (κ2) is 9.52. The highest BCUT2D eigenvalue weighted by Gasteiger charge is 2.41. The summed E-state index contributed by atoms with van der Waals surface area (Å²) in [4.78, 5) is 38.4. The first-order chi connectivity index (χ1) is 17.6. The summed E-state index contributed by atoms with van der Waals surface area (Å²) < 4.78 is 42.2. The number of rotatable bonds is 4. The number of amides is 3. The van der Waals surface area contributed by atoms with Crippen LogP contribution in [0, 0.1) is 17.1 Å². The quantitative estimate of drug-likeness (QED) is 0.589. The van der Waals surface area contributed by atoms with E-state index in [1.165, 1.54) is 39.5 Å². The van der Waals surface area contributed by atoms with Crippen LogP contribution in [0.3, 0.4) is 0 Å². The van der Waals surface area contributed by atoms with Crippen molar-refractivity contribution in [2.24, 2.45) is 0 Å². The van der Waals surface area contributed by atoms with Gasteiger partial charge in [0.2, 0.25) is 21.8 Å². The van der Waals surface area contributed by atoms with Crippen LogP contribution in [0.5, 0.6) is 0 Å². The molecule has 9 nitrogen and oxygen atoms in total. The van der Waals surface area contributed by atoms with Crippen LogP contribution in [0.15, 0.2) is 35.2 Å². The molecule has 0 aromatic heterocycles. The Morgan fingerprint density at radius 2 is 1.81 bits per heavy atom. The molecule has 2 fully saturated rings. The van der Waals surface area contributed by atoms with E-state index in [1.807, 2.05) is 6.07 Å². The monoisotopic (exact) mass is 544 g/mol. The molecule has 2 aromatic carbocycles. The van der Waals surface area contributed by atoms with E-state index in [0.717, 1.165) is 0 Å². The molecular formula is C25H22ClFN4O5S. The number of hydrogen-bond acceptors (Lipinski definition) is 6. The average Bonchev–Trinajstić information content (AvgIpc) is 3.19. The Bertz CT molecular complexity index is 1480. The second-order valence-corrected chi connectivity index (χ2v) is 11.7. The summed E-state index contributed by atoms with van der Waals surface area (Å²) in [5, 5.41) is 11.3. The summed E-state index contributed by atoms with van der Waals surface area (Å²) in [5.74, 6) is -2.14. The van der Waals surface area contributed by atoms with E-state index in [0.29, 0.717) is 24.0 Å². The molecule has 2 saturated heterocycles. The maximum Gasteiger partial charge on any atom is 0.255 e. The predicted octanol–water partition coefficient (Wildman–Crippen LogP) is 2.68. The fourth-order valence-electron chi connectivity index (χ4n) is 5.32. The molecule has 192 valence electrons. The van der Waals surface area contributed by atoms with Gasteiger partial charge < -0.3 is 4.90 Å². The van der Waals surface area contributed by atoms with Crippen molar-refractivity contribution in [2.45, 2.75) is 49.1 Å². The molecule has 1 atom stereocenters. The molecule has 37 heavy (non-hydrogen) atoms. The van der Waals surface area contributed by atoms with Crippen molar-refractivity contribution in [3.8, 4) is 6.07 Å². The minimum absolute atomic E-state index is 0.00734. The standard InChI is InChI=1S/C25H22ClFN4O5S/c26-21-11-17(2-1-15(21)12-28)37(35,36)30-7-5-14(6-8-30)18-9-16(27)10-19-20(18)13-31(25(19)34)22-3-4-23(32)29-24(22)33/h1-2,9-11,14,22H,3-8,13H2,(H,29,32,33). The molecule has 0 bridgehead atoms. The fraction of sp³-hybridized carbons (Fsp3) is 0.360. The van der Waals surface area contributed by atoms with Crippen LogP contribution in [0.4, 0.5) is 4.39 Å². The van der Waals surface area contributed by atoms with E-state index in [1.54, 1.807) is 0 Å². The molecule has 12 heteroatoms. The number of carbonyl (C=O) groups is 3. The number of carbonyl (C=O) groups excluding carboxylic acids is 3. The van der Waals surface area contributed by atoms with Crippen LogP contribution >= 0.6 is 11.6 Å². The smallest absolute Gasteiger partial charge is 0.255 e. The number of nitrogens with zero attached hydrogens (tertiary/aromatic N) is 3. The zero-order valence-electron chi connectivity index (χ0n) is 19.5. The predicted molar refractivity (Wildman–Crippen MR) is 129 cm³/mol. The van der Waals surface area contributed by atoms with Crippen molar-refractivity contribution in [3.05, 3.63) is 63.4 Å². The van der Waals surface area contributed by atoms with Crippen molar-refractivity contribution >= 4 is 39.3 Å². The number of imide groups is 1. The lowest BCUT2D eigenvalue weighted by molar-refractivity contribution is -0.136. The average molecular weight is 545 g/mol. The van der Waals surface area contributed by atoms with Crippen molar-refractivity contribution in [1.82, 2.24) is 14.5 Å². The number of halogens is 2. The van der Waals surface area contributed by atoms with E-state index in [2.05, 4.69) is 5.32 Å². The van der Waals surface area contributed by atoms with Gasteiger partial charge in [0.1, 0.15) is 17.9 Å². The highest BCUT2D eigenvalue weighted by Crippen LogP contribution is 2.38. The third-order valence-corrected chi connectivity index (χ3v) is 9.46. The summed E-state index contributed by atoms with van der Waals surface area (Å²) in [6, 6.07) is 7.62. The van der Waals surface area contributed by atoms with Crippen molar-refractivity contribution in [1.29, 1.82) is 5.26 Å². The normalized spacial score (nSPS) is 21.1. The summed E-state index contributed by atoms with van der Waals surface area (Å²) in [6.07, 6.45) is 1.14. The van der Waals surface area contributed by atoms with E-state index >= 15 is 0 Å². The Balaban J connectivity index is 1.35. The Morgan fingerprint density at radius 1 is 1.08 bits per heavy atom. The number of fused-ring (bicyclic) bond motifs is 1. The minimum Gasteiger partial charge on any atom is -0.322 e. The molecule has 3 amide bonds. The highest BCUT2D eigenvalue weighted by molar-refractivity contribution is 7.89. The van der Waals surface area contributed by atoms with Crippen LogP contribution in [0.2, 0.25) is 5.02 Å². The molecule has 1 unspecified atom stereocenters. The lowest BCUT2D eigenvalue weighted by Crippen LogP contribution is -2.52. The fourth-order valence-corrected chi connectivity index (χ4v) is 7.10. The molecule has 0 saturated carbocycles. The number of benzene rings is 2. The Labute approximate surface area is 217 Å². The lowest BCUT2D eigenvalue weighted by atomic mass is 9.86. The van der Waals surface area contributed by atoms with Crippen LogP contribution < -0.4 is 5.32 Å². The Morgan fingerprint density at radius 3 is 2.46 bits per heavy atom. The van der Waals surface area contributed by atoms with E-state index < -0.39 is 33.7 Å². The topological polar surface area (TPSA) is 128 Å². The lowest BCUT2D eigenvalue weighted by Gasteiger charge is -2.32. The van der Waals surface area contributed by atoms with Gasteiger partial charge in [0.25, 0.3) is 5.91 Å². The molecule has 0 spiro atoms. The molecule has 3 aliphatic heterocycles. The number of hydrogen-bond donors (Lipinski definition) is 1. The highest BCUT2D eigenvalue weighted by atomic mass is 35.5. The van der Waals surface area contributed by atoms with Crippen LogP contribution in [-0.2, 0) is 26.2 Å². The number of sulfonamides is 1. The van der Waals surface area contributed by atoms with Crippen LogP contribution in [0.1, 0.15) is 58.6 Å². The number of nitriles is 1. The molecule has 3 heterocycles. The first-order valence-electron chi connectivity index (χ1n) is 11.8. The van der Waals surface area contributed by atoms with Crippen molar-refractivity contribution < 1.29 is 27.2 Å². The minimum atomic E-state index is -3.85. The largest absolute Gasteiger partial charge is 0.322 e. The first kappa shape index (κ1) is 25.3. The molecule has 1 N–H and O–H groups in total. The van der Waals surface area contributed by atoms with Crippen LogP contribution in [0.25, 0.3) is 0 Å². The van der Waals surface area contributed by atoms with E-state index in [-0.39, 0.29) is 65.3 Å².